The molecule has 7 nitrogen and oxygen atoms in total. The Bertz CT molecular complexity index is 516. The van der Waals surface area contributed by atoms with E-state index in [1.165, 1.54) is 0 Å². The number of aromatic nitrogens is 3. The average molecular weight is 294 g/mol. The van der Waals surface area contributed by atoms with Gasteiger partial charge in [0.25, 0.3) is 0 Å². The maximum Gasteiger partial charge on any atom is 0.323 e. The van der Waals surface area contributed by atoms with Crippen molar-refractivity contribution in [1.82, 2.24) is 20.1 Å². The van der Waals surface area contributed by atoms with Crippen LogP contribution in [0.4, 0.5) is 0 Å². The van der Waals surface area contributed by atoms with E-state index in [2.05, 4.69) is 33.9 Å². The first-order valence-electron chi connectivity index (χ1n) is 7.53. The third kappa shape index (κ3) is 2.94. The molecule has 0 unspecified atom stereocenters. The van der Waals surface area contributed by atoms with Gasteiger partial charge in [0.1, 0.15) is 18.2 Å². The summed E-state index contributed by atoms with van der Waals surface area (Å²) < 4.78 is 11.0. The molecule has 1 aromatic rings. The third-order valence-electron chi connectivity index (χ3n) is 4.02. The minimum absolute atomic E-state index is 0.00150. The molecule has 3 atom stereocenters. The summed E-state index contributed by atoms with van der Waals surface area (Å²) in [6, 6.07) is -0.154. The van der Waals surface area contributed by atoms with E-state index in [1.54, 1.807) is 0 Å². The van der Waals surface area contributed by atoms with Gasteiger partial charge in [-0.3, -0.25) is 14.8 Å². The monoisotopic (exact) mass is 294 g/mol. The first-order valence-corrected chi connectivity index (χ1v) is 7.53. The number of aromatic amines is 1. The summed E-state index contributed by atoms with van der Waals surface area (Å²) in [4.78, 5) is 18.5. The van der Waals surface area contributed by atoms with Crippen LogP contribution in [0.15, 0.2) is 0 Å². The molecule has 3 heterocycles. The van der Waals surface area contributed by atoms with E-state index in [0.717, 1.165) is 24.6 Å². The van der Waals surface area contributed by atoms with Crippen LogP contribution in [0.25, 0.3) is 0 Å². The van der Waals surface area contributed by atoms with Gasteiger partial charge in [0.05, 0.1) is 6.61 Å². The summed E-state index contributed by atoms with van der Waals surface area (Å²) in [6.45, 7) is 8.00. The number of esters is 1. The highest BCUT2D eigenvalue weighted by atomic mass is 16.6. The normalized spacial score (nSPS) is 30.9. The molecular weight excluding hydrogens is 272 g/mol. The second kappa shape index (κ2) is 5.73. The van der Waals surface area contributed by atoms with Crippen LogP contribution in [-0.4, -0.2) is 57.9 Å². The fraction of sp³-hybridized carbons (Fsp3) is 0.786. The molecule has 2 aliphatic heterocycles. The molecule has 116 valence electrons. The Balaban J connectivity index is 1.69. The van der Waals surface area contributed by atoms with E-state index in [4.69, 9.17) is 9.47 Å². The predicted octanol–water partition coefficient (Wildman–Crippen LogP) is 1.01. The summed E-state index contributed by atoms with van der Waals surface area (Å²) in [7, 11) is 0. The van der Waals surface area contributed by atoms with Crippen molar-refractivity contribution in [2.24, 2.45) is 0 Å². The summed E-state index contributed by atoms with van der Waals surface area (Å²) in [5, 5.41) is 7.17. The summed E-state index contributed by atoms with van der Waals surface area (Å²) in [6.07, 6.45) is 0.586. The summed E-state index contributed by atoms with van der Waals surface area (Å²) in [5.74, 6) is 1.69. The number of rotatable bonds is 3. The summed E-state index contributed by atoms with van der Waals surface area (Å²) >= 11 is 0. The SMILES string of the molecule is CC(C)c1n[nH]c([C@H]2CN([C@@H]3C[C@@H](C)OC3=O)CCO2)n1. The number of morpholine rings is 1. The highest BCUT2D eigenvalue weighted by Gasteiger charge is 2.39. The zero-order chi connectivity index (χ0) is 15.0. The topological polar surface area (TPSA) is 80.3 Å². The number of hydrogen-bond donors (Lipinski definition) is 1. The van der Waals surface area contributed by atoms with E-state index in [0.29, 0.717) is 13.2 Å². The highest BCUT2D eigenvalue weighted by Crippen LogP contribution is 2.26. The molecule has 1 N–H and O–H groups in total. The van der Waals surface area contributed by atoms with Crippen LogP contribution in [0.3, 0.4) is 0 Å². The van der Waals surface area contributed by atoms with Crippen molar-refractivity contribution in [1.29, 1.82) is 0 Å². The molecule has 7 heteroatoms. The van der Waals surface area contributed by atoms with Gasteiger partial charge >= 0.3 is 5.97 Å². The molecule has 0 bridgehead atoms. The molecule has 2 aliphatic rings. The fourth-order valence-electron chi connectivity index (χ4n) is 2.84. The number of hydrogen-bond acceptors (Lipinski definition) is 6. The van der Waals surface area contributed by atoms with E-state index in [-0.39, 0.29) is 30.1 Å². The van der Waals surface area contributed by atoms with Gasteiger partial charge in [-0.2, -0.15) is 5.10 Å². The van der Waals surface area contributed by atoms with Crippen molar-refractivity contribution in [3.05, 3.63) is 11.6 Å². The molecule has 21 heavy (non-hydrogen) atoms. The number of nitrogens with zero attached hydrogens (tertiary/aromatic N) is 3. The Morgan fingerprint density at radius 1 is 1.43 bits per heavy atom. The van der Waals surface area contributed by atoms with Crippen LogP contribution in [0.2, 0.25) is 0 Å². The van der Waals surface area contributed by atoms with Gasteiger partial charge in [-0.15, -0.1) is 0 Å². The Morgan fingerprint density at radius 3 is 2.86 bits per heavy atom. The lowest BCUT2D eigenvalue weighted by molar-refractivity contribution is -0.147. The van der Waals surface area contributed by atoms with Crippen LogP contribution < -0.4 is 0 Å². The largest absolute Gasteiger partial charge is 0.461 e. The lowest BCUT2D eigenvalue weighted by Crippen LogP contribution is -2.46. The van der Waals surface area contributed by atoms with Gasteiger partial charge in [-0.25, -0.2) is 4.98 Å². The van der Waals surface area contributed by atoms with E-state index in [9.17, 15) is 4.79 Å². The van der Waals surface area contributed by atoms with Gasteiger partial charge in [0.15, 0.2) is 11.6 Å². The highest BCUT2D eigenvalue weighted by molar-refractivity contribution is 5.78. The zero-order valence-corrected chi connectivity index (χ0v) is 12.7. The van der Waals surface area contributed by atoms with Crippen molar-refractivity contribution in [2.75, 3.05) is 19.7 Å². The maximum absolute atomic E-state index is 11.9. The average Bonchev–Trinajstić information content (AvgIpc) is 3.06. The van der Waals surface area contributed by atoms with Crippen molar-refractivity contribution < 1.29 is 14.3 Å². The minimum Gasteiger partial charge on any atom is -0.461 e. The van der Waals surface area contributed by atoms with Gasteiger partial charge in [-0.05, 0) is 6.92 Å². The number of carbonyl (C=O) groups is 1. The van der Waals surface area contributed by atoms with Crippen molar-refractivity contribution in [3.8, 4) is 0 Å². The van der Waals surface area contributed by atoms with Gasteiger partial charge in [0, 0.05) is 25.4 Å². The van der Waals surface area contributed by atoms with Crippen molar-refractivity contribution >= 4 is 5.97 Å². The Kier molecular flexibility index (Phi) is 3.95. The molecule has 0 aliphatic carbocycles. The Hall–Kier alpha value is -1.47. The molecule has 0 radical (unpaired) electrons. The van der Waals surface area contributed by atoms with Crippen LogP contribution in [0.5, 0.6) is 0 Å². The molecule has 1 aromatic heterocycles. The second-order valence-electron chi connectivity index (χ2n) is 6.09. The number of carbonyl (C=O) groups excluding carboxylic acids is 1. The van der Waals surface area contributed by atoms with Crippen LogP contribution in [0.1, 0.15) is 50.9 Å². The number of H-pyrrole nitrogens is 1. The smallest absolute Gasteiger partial charge is 0.323 e. The number of nitrogens with one attached hydrogen (secondary N) is 1. The molecule has 3 rings (SSSR count). The number of ether oxygens (including phenoxy) is 2. The molecule has 0 spiro atoms. The van der Waals surface area contributed by atoms with Gasteiger partial charge < -0.3 is 9.47 Å². The van der Waals surface area contributed by atoms with Crippen LogP contribution in [0, 0.1) is 0 Å². The standard InChI is InChI=1S/C14H22N4O3/c1-8(2)12-15-13(17-16-12)11-7-18(4-5-20-11)10-6-9(3)21-14(10)19/h8-11H,4-7H2,1-3H3,(H,15,16,17)/t9-,10-,11-/m1/s1. The predicted molar refractivity (Wildman–Crippen MR) is 74.7 cm³/mol. The van der Waals surface area contributed by atoms with Crippen molar-refractivity contribution in [3.63, 3.8) is 0 Å². The Labute approximate surface area is 124 Å². The first kappa shape index (κ1) is 14.5. The van der Waals surface area contributed by atoms with E-state index < -0.39 is 0 Å². The van der Waals surface area contributed by atoms with E-state index >= 15 is 0 Å². The molecule has 2 fully saturated rings. The summed E-state index contributed by atoms with van der Waals surface area (Å²) in [5.41, 5.74) is 0. The lowest BCUT2D eigenvalue weighted by Gasteiger charge is -2.34. The zero-order valence-electron chi connectivity index (χ0n) is 12.7. The quantitative estimate of drug-likeness (QED) is 0.838. The van der Waals surface area contributed by atoms with Crippen LogP contribution in [-0.2, 0) is 14.3 Å². The maximum atomic E-state index is 11.9. The van der Waals surface area contributed by atoms with Crippen molar-refractivity contribution in [2.45, 2.75) is 51.4 Å². The molecule has 0 aromatic carbocycles. The van der Waals surface area contributed by atoms with Gasteiger partial charge in [0.2, 0.25) is 0 Å². The third-order valence-corrected chi connectivity index (χ3v) is 4.02. The van der Waals surface area contributed by atoms with E-state index in [1.807, 2.05) is 6.92 Å². The van der Waals surface area contributed by atoms with Crippen LogP contribution >= 0.6 is 0 Å². The molecule has 0 amide bonds. The molecular formula is C14H22N4O3. The fourth-order valence-corrected chi connectivity index (χ4v) is 2.84. The lowest BCUT2D eigenvalue weighted by atomic mass is 10.1. The Morgan fingerprint density at radius 2 is 2.24 bits per heavy atom. The number of cyclic esters (lactones) is 1. The van der Waals surface area contributed by atoms with Gasteiger partial charge in [-0.1, -0.05) is 13.8 Å². The molecule has 0 saturated carbocycles. The molecule has 2 saturated heterocycles. The minimum atomic E-state index is -0.164. The first-order chi connectivity index (χ1) is 10.0. The second-order valence-corrected chi connectivity index (χ2v) is 6.09.